The highest BCUT2D eigenvalue weighted by molar-refractivity contribution is 6.40. The number of allylic oxidation sites excluding steroid dienone is 2. The third kappa shape index (κ3) is 5.98. The highest BCUT2D eigenvalue weighted by Gasteiger charge is 2.46. The molecule has 0 bridgehead atoms. The fourth-order valence-corrected chi connectivity index (χ4v) is 9.12. The second kappa shape index (κ2) is 13.8. The lowest BCUT2D eigenvalue weighted by molar-refractivity contribution is -0.133. The monoisotopic (exact) mass is 716 g/mol. The molecular weight excluding hydrogens is 681 g/mol. The van der Waals surface area contributed by atoms with Gasteiger partial charge in [0, 0.05) is 47.2 Å². The molecule has 0 spiro atoms. The molecule has 7 rings (SSSR count). The first kappa shape index (κ1) is 34.2. The topological polar surface area (TPSA) is 96.0 Å². The van der Waals surface area contributed by atoms with Gasteiger partial charge in [-0.05, 0) is 67.4 Å². The molecule has 3 fully saturated rings. The minimum atomic E-state index is -1.08. The molecule has 0 N–H and O–H groups in total. The third-order valence-electron chi connectivity index (χ3n) is 10.9. The van der Waals surface area contributed by atoms with E-state index in [1.807, 2.05) is 30.4 Å². The fourth-order valence-electron chi connectivity index (χ4n) is 8.55. The highest BCUT2D eigenvalue weighted by atomic mass is 35.5. The summed E-state index contributed by atoms with van der Waals surface area (Å²) < 4.78 is 35.5. The fraction of sp³-hybridized carbons (Fsp3) is 0.421. The van der Waals surface area contributed by atoms with E-state index in [9.17, 15) is 24.1 Å². The maximum absolute atomic E-state index is 14.7. The Morgan fingerprint density at radius 2 is 1.86 bits per heavy atom. The number of dihydropyridines is 1. The van der Waals surface area contributed by atoms with E-state index in [0.717, 1.165) is 49.9 Å². The lowest BCUT2D eigenvalue weighted by atomic mass is 9.81. The summed E-state index contributed by atoms with van der Waals surface area (Å²) in [5, 5.41) is 21.5. The van der Waals surface area contributed by atoms with E-state index >= 15 is 0 Å². The van der Waals surface area contributed by atoms with Crippen molar-refractivity contribution in [3.8, 4) is 12.1 Å². The zero-order valence-corrected chi connectivity index (χ0v) is 29.0. The number of hydrogen-bond acceptors (Lipinski definition) is 7. The molecule has 4 aliphatic heterocycles. The van der Waals surface area contributed by atoms with Gasteiger partial charge in [-0.2, -0.15) is 10.5 Å². The molecular formula is C38H36Cl2F2N6O2. The van der Waals surface area contributed by atoms with E-state index in [1.165, 1.54) is 11.0 Å². The average Bonchev–Trinajstić information content (AvgIpc) is 3.69. The number of halogens is 4. The van der Waals surface area contributed by atoms with Crippen LogP contribution in [0.4, 0.5) is 8.78 Å². The molecule has 50 heavy (non-hydrogen) atoms. The number of hydrogen-bond donors (Lipinski definition) is 0. The van der Waals surface area contributed by atoms with Gasteiger partial charge in [0.1, 0.15) is 12.4 Å². The van der Waals surface area contributed by atoms with Gasteiger partial charge >= 0.3 is 0 Å². The van der Waals surface area contributed by atoms with Crippen molar-refractivity contribution in [2.45, 2.75) is 56.1 Å². The standard InChI is InChI=1S/C38H36Cl2F2N6O2/c1-23(41)37(49)48-18-17-46(21-25(48)9-13-43)35-27(10-14-44)36(50-22-38-11-3-15-47(38)16-4-12-38)45-32-20-28(30(39)19-29(32)35)26-6-2-5-24-7-8-31(42)34(40)33(24)26/h2,5-8,19-20,25,29,32H,1,3-4,9-12,15-18,21-22H2/t25-,29?,32?/m0/s1. The van der Waals surface area contributed by atoms with Gasteiger partial charge in [-0.25, -0.2) is 13.8 Å². The molecule has 0 aromatic heterocycles. The summed E-state index contributed by atoms with van der Waals surface area (Å²) >= 11 is 13.6. The number of carbonyl (C=O) groups is 1. The van der Waals surface area contributed by atoms with E-state index in [4.69, 9.17) is 32.9 Å². The van der Waals surface area contributed by atoms with Crippen LogP contribution in [-0.4, -0.2) is 83.5 Å². The van der Waals surface area contributed by atoms with Crippen molar-refractivity contribution in [2.24, 2.45) is 10.9 Å². The number of piperazine rings is 1. The molecule has 1 amide bonds. The van der Waals surface area contributed by atoms with E-state index in [-0.39, 0.29) is 36.5 Å². The molecule has 5 aliphatic rings. The van der Waals surface area contributed by atoms with E-state index in [2.05, 4.69) is 28.5 Å². The Balaban J connectivity index is 1.32. The molecule has 3 atom stereocenters. The number of nitriles is 2. The van der Waals surface area contributed by atoms with Crippen molar-refractivity contribution in [2.75, 3.05) is 39.3 Å². The van der Waals surface area contributed by atoms with E-state index < -0.39 is 35.6 Å². The van der Waals surface area contributed by atoms with Crippen LogP contribution < -0.4 is 0 Å². The van der Waals surface area contributed by atoms with E-state index in [1.54, 1.807) is 6.07 Å². The second-order valence-electron chi connectivity index (χ2n) is 13.6. The first-order chi connectivity index (χ1) is 24.2. The molecule has 4 heterocycles. The van der Waals surface area contributed by atoms with Crippen LogP contribution in [0.2, 0.25) is 5.02 Å². The number of carbonyl (C=O) groups excluding carboxylic acids is 1. The normalized spacial score (nSPS) is 24.5. The van der Waals surface area contributed by atoms with Crippen LogP contribution >= 0.6 is 23.2 Å². The van der Waals surface area contributed by atoms with Gasteiger partial charge in [-0.3, -0.25) is 9.69 Å². The van der Waals surface area contributed by atoms with Gasteiger partial charge in [0.05, 0.1) is 47.6 Å². The van der Waals surface area contributed by atoms with Crippen LogP contribution in [0, 0.1) is 34.4 Å². The number of amides is 1. The smallest absolute Gasteiger partial charge is 0.282 e. The lowest BCUT2D eigenvalue weighted by Crippen LogP contribution is -2.56. The Morgan fingerprint density at radius 1 is 1.08 bits per heavy atom. The molecule has 1 aliphatic carbocycles. The molecule has 258 valence electrons. The van der Waals surface area contributed by atoms with Gasteiger partial charge in [0.15, 0.2) is 5.83 Å². The number of aliphatic imine (C=N–C) groups is 1. The Kier molecular flexibility index (Phi) is 9.47. The minimum absolute atomic E-state index is 0.00232. The summed E-state index contributed by atoms with van der Waals surface area (Å²) in [6, 6.07) is 11.9. The summed E-state index contributed by atoms with van der Waals surface area (Å²) in [6.45, 7) is 6.39. The second-order valence-corrected chi connectivity index (χ2v) is 14.4. The van der Waals surface area contributed by atoms with Crippen molar-refractivity contribution in [1.82, 2.24) is 14.7 Å². The van der Waals surface area contributed by atoms with Crippen molar-refractivity contribution < 1.29 is 18.3 Å². The summed E-state index contributed by atoms with van der Waals surface area (Å²) in [4.78, 5) is 23.8. The lowest BCUT2D eigenvalue weighted by Gasteiger charge is -2.46. The SMILES string of the molecule is C=C(F)C(=O)N1CCN(C2=C(CC#N)C(OCC34CCCN3CCC4)=NC3C=C(c4cccc5ccc(F)c(Cl)c45)C(Cl)=CC23)C[C@@H]1CC#N. The van der Waals surface area contributed by atoms with Crippen LogP contribution in [0.1, 0.15) is 44.1 Å². The molecule has 0 saturated carbocycles. The largest absolute Gasteiger partial charge is 0.476 e. The Morgan fingerprint density at radius 3 is 2.58 bits per heavy atom. The number of nitrogens with zero attached hydrogens (tertiary/aromatic N) is 6. The molecule has 3 saturated heterocycles. The summed E-state index contributed by atoms with van der Waals surface area (Å²) in [7, 11) is 0. The van der Waals surface area contributed by atoms with Gasteiger partial charge in [-0.1, -0.05) is 60.1 Å². The molecule has 2 aromatic rings. The van der Waals surface area contributed by atoms with Crippen molar-refractivity contribution >= 4 is 51.4 Å². The molecule has 2 aromatic carbocycles. The van der Waals surface area contributed by atoms with Crippen LogP contribution in [0.5, 0.6) is 0 Å². The Bertz CT molecular complexity index is 1970. The highest BCUT2D eigenvalue weighted by Crippen LogP contribution is 2.46. The van der Waals surface area contributed by atoms with E-state index in [0.29, 0.717) is 46.2 Å². The Labute approximate surface area is 300 Å². The number of rotatable bonds is 7. The maximum atomic E-state index is 14.7. The first-order valence-electron chi connectivity index (χ1n) is 17.0. The minimum Gasteiger partial charge on any atom is -0.476 e. The summed E-state index contributed by atoms with van der Waals surface area (Å²) in [6.07, 6.45) is 8.11. The quantitative estimate of drug-likeness (QED) is 0.280. The van der Waals surface area contributed by atoms with Gasteiger partial charge in [0.2, 0.25) is 5.90 Å². The predicted molar refractivity (Wildman–Crippen MR) is 189 cm³/mol. The molecule has 12 heteroatoms. The van der Waals surface area contributed by atoms with Crippen LogP contribution in [0.25, 0.3) is 16.3 Å². The molecule has 2 unspecified atom stereocenters. The maximum Gasteiger partial charge on any atom is 0.282 e. The Hall–Kier alpha value is -4.22. The number of benzene rings is 2. The molecule has 0 radical (unpaired) electrons. The van der Waals surface area contributed by atoms with Crippen molar-refractivity contribution in [3.63, 3.8) is 0 Å². The number of fused-ring (bicyclic) bond motifs is 3. The first-order valence-corrected chi connectivity index (χ1v) is 17.7. The zero-order chi connectivity index (χ0) is 35.2. The summed E-state index contributed by atoms with van der Waals surface area (Å²) in [5.74, 6) is -2.48. The van der Waals surface area contributed by atoms with Crippen molar-refractivity contribution in [3.05, 3.63) is 87.6 Å². The van der Waals surface area contributed by atoms with Gasteiger partial charge in [0.25, 0.3) is 5.91 Å². The zero-order valence-electron chi connectivity index (χ0n) is 27.5. The predicted octanol–water partition coefficient (Wildman–Crippen LogP) is 7.27. The third-order valence-corrected chi connectivity index (χ3v) is 11.6. The summed E-state index contributed by atoms with van der Waals surface area (Å²) in [5.41, 5.74) is 2.64. The number of ether oxygens (including phenoxy) is 1. The molecule has 8 nitrogen and oxygen atoms in total. The van der Waals surface area contributed by atoms with Crippen LogP contribution in [-0.2, 0) is 9.53 Å². The van der Waals surface area contributed by atoms with Crippen LogP contribution in [0.15, 0.2) is 76.2 Å². The van der Waals surface area contributed by atoms with Crippen molar-refractivity contribution in [1.29, 1.82) is 10.5 Å². The van der Waals surface area contributed by atoms with Gasteiger partial charge < -0.3 is 14.5 Å². The average molecular weight is 718 g/mol. The van der Waals surface area contributed by atoms with Gasteiger partial charge in [-0.15, -0.1) is 0 Å². The van der Waals surface area contributed by atoms with Crippen LogP contribution in [0.3, 0.4) is 0 Å².